The second kappa shape index (κ2) is 3.81. The average Bonchev–Trinajstić information content (AvgIpc) is 2.74. The van der Waals surface area contributed by atoms with Gasteiger partial charge in [0.1, 0.15) is 0 Å². The number of carbonyl (C=O) groups is 1. The number of pyridine rings is 1. The highest BCUT2D eigenvalue weighted by Crippen LogP contribution is 2.46. The Kier molecular flexibility index (Phi) is 2.47. The zero-order valence-corrected chi connectivity index (χ0v) is 11.1. The third-order valence-electron chi connectivity index (χ3n) is 4.84. The molecule has 0 radical (unpaired) electrons. The van der Waals surface area contributed by atoms with Crippen molar-refractivity contribution in [2.45, 2.75) is 57.9 Å². The van der Waals surface area contributed by atoms with Crippen LogP contribution in [0.4, 0.5) is 0 Å². The highest BCUT2D eigenvalue weighted by Gasteiger charge is 2.42. The van der Waals surface area contributed by atoms with Crippen LogP contribution in [0.5, 0.6) is 0 Å². The minimum Gasteiger partial charge on any atom is -0.311 e. The minimum atomic E-state index is -0.105. The first kappa shape index (κ1) is 11.7. The number of Topliss-reactive ketones (excluding diaryl/α,β-unsaturated/α-hetero) is 1. The van der Waals surface area contributed by atoms with Gasteiger partial charge in [-0.05, 0) is 50.7 Å². The van der Waals surface area contributed by atoms with Crippen molar-refractivity contribution in [1.29, 1.82) is 0 Å². The molecule has 0 fully saturated rings. The fourth-order valence-electron chi connectivity index (χ4n) is 3.84. The molecule has 1 aromatic rings. The van der Waals surface area contributed by atoms with Gasteiger partial charge in [-0.1, -0.05) is 6.92 Å². The molecule has 1 atom stereocenters. The van der Waals surface area contributed by atoms with Gasteiger partial charge in [-0.2, -0.15) is 0 Å². The summed E-state index contributed by atoms with van der Waals surface area (Å²) in [6, 6.07) is 1.86. The molecule has 0 spiro atoms. The first-order valence-electron chi connectivity index (χ1n) is 6.87. The molecule has 1 aromatic heterocycles. The predicted molar refractivity (Wildman–Crippen MR) is 70.2 cm³/mol. The number of ketones is 1. The van der Waals surface area contributed by atoms with E-state index in [2.05, 4.69) is 6.92 Å². The summed E-state index contributed by atoms with van der Waals surface area (Å²) in [6.07, 6.45) is 5.50. The molecule has 0 saturated carbocycles. The molecule has 0 bridgehead atoms. The predicted octanol–water partition coefficient (Wildman–Crippen LogP) is 2.44. The standard InChI is InChI=1S/C15H19NO2/c1-3-15-6-4-8-16-13(15)11(5-7-15)9-12(10(2)17)14(16)18/h9H,3-8H2,1-2H3. The van der Waals surface area contributed by atoms with Gasteiger partial charge in [0.15, 0.2) is 5.78 Å². The van der Waals surface area contributed by atoms with Gasteiger partial charge in [0.25, 0.3) is 5.56 Å². The number of carbonyl (C=O) groups excluding carboxylic acids is 1. The molecular formula is C15H19NO2. The Labute approximate surface area is 107 Å². The van der Waals surface area contributed by atoms with Crippen LogP contribution in [0.15, 0.2) is 10.9 Å². The summed E-state index contributed by atoms with van der Waals surface area (Å²) in [6.45, 7) is 4.49. The average molecular weight is 245 g/mol. The number of hydrogen-bond acceptors (Lipinski definition) is 2. The van der Waals surface area contributed by atoms with E-state index in [0.29, 0.717) is 5.56 Å². The summed E-state index contributed by atoms with van der Waals surface area (Å²) in [5.74, 6) is -0.105. The summed E-state index contributed by atoms with van der Waals surface area (Å²) >= 11 is 0. The van der Waals surface area contributed by atoms with Crippen LogP contribution < -0.4 is 5.56 Å². The molecule has 1 aliphatic carbocycles. The molecule has 3 nitrogen and oxygen atoms in total. The zero-order valence-electron chi connectivity index (χ0n) is 11.1. The SMILES string of the molecule is CCC12CCCn3c1c(cc(C(C)=O)c3=O)CC2. The van der Waals surface area contributed by atoms with Crippen molar-refractivity contribution >= 4 is 5.78 Å². The Morgan fingerprint density at radius 2 is 2.22 bits per heavy atom. The first-order chi connectivity index (χ1) is 8.59. The maximum absolute atomic E-state index is 12.4. The van der Waals surface area contributed by atoms with Crippen LogP contribution in [0, 0.1) is 0 Å². The summed E-state index contributed by atoms with van der Waals surface area (Å²) in [5.41, 5.74) is 3.00. The van der Waals surface area contributed by atoms with Crippen LogP contribution in [0.25, 0.3) is 0 Å². The van der Waals surface area contributed by atoms with Gasteiger partial charge in [-0.3, -0.25) is 9.59 Å². The van der Waals surface area contributed by atoms with E-state index in [1.807, 2.05) is 10.6 Å². The third kappa shape index (κ3) is 1.36. The van der Waals surface area contributed by atoms with Gasteiger partial charge in [0.2, 0.25) is 0 Å². The Hall–Kier alpha value is -1.38. The zero-order chi connectivity index (χ0) is 12.9. The second-order valence-corrected chi connectivity index (χ2v) is 5.68. The van der Waals surface area contributed by atoms with Crippen LogP contribution in [0.3, 0.4) is 0 Å². The highest BCUT2D eigenvalue weighted by molar-refractivity contribution is 5.94. The number of aromatic nitrogens is 1. The smallest absolute Gasteiger partial charge is 0.261 e. The van der Waals surface area contributed by atoms with Crippen LogP contribution in [0.2, 0.25) is 0 Å². The lowest BCUT2D eigenvalue weighted by atomic mass is 9.76. The molecular weight excluding hydrogens is 226 g/mol. The molecule has 0 N–H and O–H groups in total. The molecule has 1 unspecified atom stereocenters. The van der Waals surface area contributed by atoms with Crippen LogP contribution in [-0.2, 0) is 18.4 Å². The highest BCUT2D eigenvalue weighted by atomic mass is 16.1. The molecule has 96 valence electrons. The maximum atomic E-state index is 12.4. The molecule has 18 heavy (non-hydrogen) atoms. The summed E-state index contributed by atoms with van der Waals surface area (Å²) in [5, 5.41) is 0. The Morgan fingerprint density at radius 3 is 2.89 bits per heavy atom. The first-order valence-corrected chi connectivity index (χ1v) is 6.87. The van der Waals surface area contributed by atoms with E-state index in [0.717, 1.165) is 32.2 Å². The normalized spacial score (nSPS) is 25.0. The fourth-order valence-corrected chi connectivity index (χ4v) is 3.84. The summed E-state index contributed by atoms with van der Waals surface area (Å²) in [4.78, 5) is 24.0. The van der Waals surface area contributed by atoms with Crippen molar-refractivity contribution in [3.8, 4) is 0 Å². The van der Waals surface area contributed by atoms with Crippen LogP contribution in [-0.4, -0.2) is 10.4 Å². The molecule has 3 heteroatoms. The summed E-state index contributed by atoms with van der Waals surface area (Å²) in [7, 11) is 0. The Bertz CT molecular complexity index is 585. The van der Waals surface area contributed by atoms with Gasteiger partial charge in [-0.15, -0.1) is 0 Å². The minimum absolute atomic E-state index is 0.0688. The number of rotatable bonds is 2. The van der Waals surface area contributed by atoms with E-state index in [1.165, 1.54) is 24.6 Å². The third-order valence-corrected chi connectivity index (χ3v) is 4.84. The van der Waals surface area contributed by atoms with E-state index in [1.54, 1.807) is 0 Å². The molecule has 0 saturated heterocycles. The van der Waals surface area contributed by atoms with Crippen molar-refractivity contribution in [2.24, 2.45) is 0 Å². The van der Waals surface area contributed by atoms with E-state index in [9.17, 15) is 9.59 Å². The largest absolute Gasteiger partial charge is 0.311 e. The lowest BCUT2D eigenvalue weighted by Gasteiger charge is -2.35. The second-order valence-electron chi connectivity index (χ2n) is 5.68. The molecule has 0 aromatic carbocycles. The van der Waals surface area contributed by atoms with Crippen molar-refractivity contribution in [3.05, 3.63) is 33.2 Å². The lowest BCUT2D eigenvalue weighted by Crippen LogP contribution is -2.38. The fraction of sp³-hybridized carbons (Fsp3) is 0.600. The molecule has 2 heterocycles. The molecule has 0 amide bonds. The number of hydrogen-bond donors (Lipinski definition) is 0. The van der Waals surface area contributed by atoms with Crippen LogP contribution in [0.1, 0.15) is 61.1 Å². The van der Waals surface area contributed by atoms with Gasteiger partial charge in [0, 0.05) is 17.7 Å². The van der Waals surface area contributed by atoms with Gasteiger partial charge < -0.3 is 4.57 Å². The van der Waals surface area contributed by atoms with Crippen molar-refractivity contribution in [3.63, 3.8) is 0 Å². The molecule has 3 rings (SSSR count). The van der Waals surface area contributed by atoms with Crippen molar-refractivity contribution in [1.82, 2.24) is 4.57 Å². The Morgan fingerprint density at radius 1 is 1.44 bits per heavy atom. The van der Waals surface area contributed by atoms with Gasteiger partial charge in [-0.25, -0.2) is 0 Å². The molecule has 2 aliphatic rings. The van der Waals surface area contributed by atoms with E-state index in [-0.39, 0.29) is 16.8 Å². The van der Waals surface area contributed by atoms with Crippen molar-refractivity contribution in [2.75, 3.05) is 0 Å². The van der Waals surface area contributed by atoms with E-state index < -0.39 is 0 Å². The van der Waals surface area contributed by atoms with E-state index in [4.69, 9.17) is 0 Å². The topological polar surface area (TPSA) is 39.1 Å². The lowest BCUT2D eigenvalue weighted by molar-refractivity contribution is 0.101. The van der Waals surface area contributed by atoms with E-state index >= 15 is 0 Å². The maximum Gasteiger partial charge on any atom is 0.261 e. The van der Waals surface area contributed by atoms with Gasteiger partial charge in [0.05, 0.1) is 5.56 Å². The Balaban J connectivity index is 2.32. The number of nitrogens with zero attached hydrogens (tertiary/aromatic N) is 1. The van der Waals surface area contributed by atoms with Crippen LogP contribution >= 0.6 is 0 Å². The van der Waals surface area contributed by atoms with Gasteiger partial charge >= 0.3 is 0 Å². The number of aryl methyl sites for hydroxylation is 1. The monoisotopic (exact) mass is 245 g/mol. The molecule has 1 aliphatic heterocycles. The quantitative estimate of drug-likeness (QED) is 0.751. The summed E-state index contributed by atoms with van der Waals surface area (Å²) < 4.78 is 1.89. The van der Waals surface area contributed by atoms with Crippen molar-refractivity contribution < 1.29 is 4.79 Å².